The number of hydrogen-bond donors (Lipinski definition) is 1. The van der Waals surface area contributed by atoms with Crippen LogP contribution in [0.4, 0.5) is 4.79 Å². The molecular formula is C18H27NO4. The van der Waals surface area contributed by atoms with Crippen molar-refractivity contribution in [3.05, 3.63) is 29.8 Å². The minimum Gasteiger partial charge on any atom is -0.496 e. The van der Waals surface area contributed by atoms with Crippen molar-refractivity contribution in [1.29, 1.82) is 0 Å². The number of unbranched alkanes of at least 4 members (excludes halogenated alkanes) is 2. The highest BCUT2D eigenvalue weighted by Crippen LogP contribution is 2.20. The summed E-state index contributed by atoms with van der Waals surface area (Å²) in [6.07, 6.45) is 2.55. The third-order valence-electron chi connectivity index (χ3n) is 3.16. The van der Waals surface area contributed by atoms with E-state index in [-0.39, 0.29) is 5.78 Å². The van der Waals surface area contributed by atoms with Crippen molar-refractivity contribution in [2.45, 2.75) is 52.1 Å². The Morgan fingerprint density at radius 3 is 2.43 bits per heavy atom. The van der Waals surface area contributed by atoms with E-state index in [1.807, 2.05) is 32.9 Å². The first-order valence-corrected chi connectivity index (χ1v) is 7.96. The number of alkyl carbamates (subject to hydrolysis) is 1. The summed E-state index contributed by atoms with van der Waals surface area (Å²) in [5, 5.41) is 2.71. The Morgan fingerprint density at radius 2 is 1.78 bits per heavy atom. The maximum absolute atomic E-state index is 12.2. The van der Waals surface area contributed by atoms with Crippen LogP contribution in [0.1, 0.15) is 56.8 Å². The second kappa shape index (κ2) is 9.18. The van der Waals surface area contributed by atoms with Crippen LogP contribution in [-0.4, -0.2) is 31.1 Å². The summed E-state index contributed by atoms with van der Waals surface area (Å²) in [5.74, 6) is 0.701. The smallest absolute Gasteiger partial charge is 0.407 e. The summed E-state index contributed by atoms with van der Waals surface area (Å²) in [6, 6.07) is 7.25. The highest BCUT2D eigenvalue weighted by Gasteiger charge is 2.15. The topological polar surface area (TPSA) is 64.6 Å². The van der Waals surface area contributed by atoms with Crippen molar-refractivity contribution < 1.29 is 19.1 Å². The Kier molecular flexibility index (Phi) is 7.59. The molecule has 0 saturated carbocycles. The molecule has 1 N–H and O–H groups in total. The molecule has 0 atom stereocenters. The van der Waals surface area contributed by atoms with Crippen LogP contribution in [0.25, 0.3) is 0 Å². The van der Waals surface area contributed by atoms with Crippen LogP contribution in [0, 0.1) is 0 Å². The zero-order valence-corrected chi connectivity index (χ0v) is 14.5. The third kappa shape index (κ3) is 7.68. The summed E-state index contributed by atoms with van der Waals surface area (Å²) < 4.78 is 10.3. The number of carbonyl (C=O) groups is 2. The molecule has 0 spiro atoms. The van der Waals surface area contributed by atoms with Crippen LogP contribution in [0.2, 0.25) is 0 Å². The van der Waals surface area contributed by atoms with Crippen LogP contribution in [0.5, 0.6) is 5.75 Å². The van der Waals surface area contributed by atoms with Gasteiger partial charge in [0.2, 0.25) is 0 Å². The zero-order valence-electron chi connectivity index (χ0n) is 14.5. The molecule has 1 aromatic rings. The summed E-state index contributed by atoms with van der Waals surface area (Å²) in [6.45, 7) is 6.04. The SMILES string of the molecule is COc1ccccc1C(=O)CCCCCNC(=O)OC(C)(C)C. The van der Waals surface area contributed by atoms with Gasteiger partial charge in [-0.2, -0.15) is 0 Å². The van der Waals surface area contributed by atoms with Crippen LogP contribution >= 0.6 is 0 Å². The number of hydrogen-bond acceptors (Lipinski definition) is 4. The van der Waals surface area contributed by atoms with E-state index in [0.717, 1.165) is 19.3 Å². The molecule has 1 rings (SSSR count). The minimum atomic E-state index is -0.481. The Labute approximate surface area is 138 Å². The van der Waals surface area contributed by atoms with E-state index in [2.05, 4.69) is 5.32 Å². The van der Waals surface area contributed by atoms with Gasteiger partial charge in [-0.3, -0.25) is 4.79 Å². The maximum atomic E-state index is 12.2. The summed E-state index contributed by atoms with van der Waals surface area (Å²) >= 11 is 0. The number of Topliss-reactive ketones (excluding diaryl/α,β-unsaturated/α-hetero) is 1. The molecule has 1 amide bonds. The normalized spacial score (nSPS) is 11.0. The van der Waals surface area contributed by atoms with E-state index in [1.165, 1.54) is 0 Å². The lowest BCUT2D eigenvalue weighted by molar-refractivity contribution is 0.0526. The lowest BCUT2D eigenvalue weighted by Gasteiger charge is -2.19. The number of ether oxygens (including phenoxy) is 2. The highest BCUT2D eigenvalue weighted by molar-refractivity contribution is 5.98. The first-order chi connectivity index (χ1) is 10.8. The van der Waals surface area contributed by atoms with Gasteiger partial charge in [0.25, 0.3) is 0 Å². The molecule has 1 aromatic carbocycles. The van der Waals surface area contributed by atoms with Crippen molar-refractivity contribution in [3.63, 3.8) is 0 Å². The number of nitrogens with one attached hydrogen (secondary N) is 1. The molecule has 23 heavy (non-hydrogen) atoms. The van der Waals surface area contributed by atoms with Gasteiger partial charge in [0, 0.05) is 13.0 Å². The van der Waals surface area contributed by atoms with Crippen LogP contribution in [0.3, 0.4) is 0 Å². The van der Waals surface area contributed by atoms with E-state index >= 15 is 0 Å². The fourth-order valence-electron chi connectivity index (χ4n) is 2.10. The maximum Gasteiger partial charge on any atom is 0.407 e. The average Bonchev–Trinajstić information content (AvgIpc) is 2.48. The fourth-order valence-corrected chi connectivity index (χ4v) is 2.10. The van der Waals surface area contributed by atoms with Crippen molar-refractivity contribution in [2.75, 3.05) is 13.7 Å². The van der Waals surface area contributed by atoms with Gasteiger partial charge >= 0.3 is 6.09 Å². The number of methoxy groups -OCH3 is 1. The van der Waals surface area contributed by atoms with E-state index < -0.39 is 11.7 Å². The largest absolute Gasteiger partial charge is 0.496 e. The molecule has 0 heterocycles. The molecule has 5 heteroatoms. The van der Waals surface area contributed by atoms with Gasteiger partial charge in [0.15, 0.2) is 5.78 Å². The molecule has 5 nitrogen and oxygen atoms in total. The Hall–Kier alpha value is -2.04. The van der Waals surface area contributed by atoms with Gasteiger partial charge in [-0.05, 0) is 45.7 Å². The first kappa shape index (κ1) is 19.0. The molecule has 0 radical (unpaired) electrons. The van der Waals surface area contributed by atoms with Gasteiger partial charge in [-0.25, -0.2) is 4.79 Å². The van der Waals surface area contributed by atoms with Crippen molar-refractivity contribution in [3.8, 4) is 5.75 Å². The number of amides is 1. The second-order valence-corrected chi connectivity index (χ2v) is 6.36. The van der Waals surface area contributed by atoms with E-state index in [0.29, 0.717) is 24.3 Å². The van der Waals surface area contributed by atoms with Gasteiger partial charge in [-0.1, -0.05) is 18.6 Å². The molecular weight excluding hydrogens is 294 g/mol. The van der Waals surface area contributed by atoms with Crippen molar-refractivity contribution in [2.24, 2.45) is 0 Å². The standard InChI is InChI=1S/C18H27NO4/c1-18(2,3)23-17(21)19-13-9-5-6-11-15(20)14-10-7-8-12-16(14)22-4/h7-8,10,12H,5-6,9,11,13H2,1-4H3,(H,19,21). The highest BCUT2D eigenvalue weighted by atomic mass is 16.6. The molecule has 0 fully saturated rings. The minimum absolute atomic E-state index is 0.0857. The molecule has 0 aliphatic carbocycles. The van der Waals surface area contributed by atoms with E-state index in [1.54, 1.807) is 19.2 Å². The summed E-state index contributed by atoms with van der Waals surface area (Å²) in [7, 11) is 1.56. The molecule has 0 unspecified atom stereocenters. The lowest BCUT2D eigenvalue weighted by Crippen LogP contribution is -2.32. The van der Waals surface area contributed by atoms with Crippen LogP contribution in [-0.2, 0) is 4.74 Å². The molecule has 0 aliphatic rings. The first-order valence-electron chi connectivity index (χ1n) is 7.96. The molecule has 128 valence electrons. The molecule has 0 saturated heterocycles. The predicted molar refractivity (Wildman–Crippen MR) is 90.0 cm³/mol. The monoisotopic (exact) mass is 321 g/mol. The Morgan fingerprint density at radius 1 is 1.09 bits per heavy atom. The second-order valence-electron chi connectivity index (χ2n) is 6.36. The van der Waals surface area contributed by atoms with E-state index in [4.69, 9.17) is 9.47 Å². The van der Waals surface area contributed by atoms with Crippen LogP contribution < -0.4 is 10.1 Å². The number of benzene rings is 1. The van der Waals surface area contributed by atoms with E-state index in [9.17, 15) is 9.59 Å². The van der Waals surface area contributed by atoms with Crippen molar-refractivity contribution in [1.82, 2.24) is 5.32 Å². The zero-order chi connectivity index (χ0) is 17.3. The fraction of sp³-hybridized carbons (Fsp3) is 0.556. The number of ketones is 1. The summed E-state index contributed by atoms with van der Waals surface area (Å²) in [4.78, 5) is 23.6. The summed E-state index contributed by atoms with van der Waals surface area (Å²) in [5.41, 5.74) is 0.146. The average molecular weight is 321 g/mol. The number of para-hydroxylation sites is 1. The molecule has 0 aliphatic heterocycles. The van der Waals surface area contributed by atoms with Gasteiger partial charge in [0.05, 0.1) is 12.7 Å². The Balaban J connectivity index is 2.20. The Bertz CT molecular complexity index is 520. The quantitative estimate of drug-likeness (QED) is 0.581. The van der Waals surface area contributed by atoms with Crippen molar-refractivity contribution >= 4 is 11.9 Å². The van der Waals surface area contributed by atoms with Crippen LogP contribution in [0.15, 0.2) is 24.3 Å². The van der Waals surface area contributed by atoms with Gasteiger partial charge in [-0.15, -0.1) is 0 Å². The van der Waals surface area contributed by atoms with Gasteiger partial charge < -0.3 is 14.8 Å². The predicted octanol–water partition coefficient (Wildman–Crippen LogP) is 3.96. The van der Waals surface area contributed by atoms with Gasteiger partial charge in [0.1, 0.15) is 11.4 Å². The molecule has 0 bridgehead atoms. The number of carbonyl (C=O) groups excluding carboxylic acids is 2. The lowest BCUT2D eigenvalue weighted by atomic mass is 10.0. The third-order valence-corrected chi connectivity index (χ3v) is 3.16. The molecule has 0 aromatic heterocycles. The number of rotatable bonds is 8.